The zero-order chi connectivity index (χ0) is 13.1. The van der Waals surface area contributed by atoms with E-state index < -0.39 is 0 Å². The summed E-state index contributed by atoms with van der Waals surface area (Å²) >= 11 is 8.50. The van der Waals surface area contributed by atoms with E-state index in [0.29, 0.717) is 12.1 Å². The number of carbonyl (C=O) groups excluding carboxylic acids is 1. The van der Waals surface area contributed by atoms with E-state index in [9.17, 15) is 4.79 Å². The fourth-order valence-corrected chi connectivity index (χ4v) is 3.36. The highest BCUT2D eigenvalue weighted by molar-refractivity contribution is 9.10. The molecular formula is C13H11Br2NOS. The van der Waals surface area contributed by atoms with Crippen molar-refractivity contribution < 1.29 is 4.79 Å². The Labute approximate surface area is 127 Å². The van der Waals surface area contributed by atoms with Crippen molar-refractivity contribution in [3.8, 4) is 0 Å². The molecule has 2 rings (SSSR count). The van der Waals surface area contributed by atoms with Crippen molar-refractivity contribution in [3.05, 3.63) is 54.6 Å². The van der Waals surface area contributed by atoms with Crippen molar-refractivity contribution in [1.29, 1.82) is 0 Å². The lowest BCUT2D eigenvalue weighted by Gasteiger charge is -2.08. The molecule has 0 saturated heterocycles. The minimum absolute atomic E-state index is 0.0471. The minimum atomic E-state index is -0.0471. The van der Waals surface area contributed by atoms with Gasteiger partial charge in [-0.3, -0.25) is 4.79 Å². The Kier molecular flexibility index (Phi) is 4.59. The van der Waals surface area contributed by atoms with Crippen LogP contribution in [0.2, 0.25) is 0 Å². The first-order chi connectivity index (χ1) is 8.59. The summed E-state index contributed by atoms with van der Waals surface area (Å²) in [6.07, 6.45) is 0. The van der Waals surface area contributed by atoms with Gasteiger partial charge in [-0.15, -0.1) is 11.3 Å². The summed E-state index contributed by atoms with van der Waals surface area (Å²) in [5, 5.41) is 4.93. The zero-order valence-corrected chi connectivity index (χ0v) is 13.7. The molecule has 5 heteroatoms. The lowest BCUT2D eigenvalue weighted by atomic mass is 10.1. The Bertz CT molecular complexity index is 580. The first-order valence-electron chi connectivity index (χ1n) is 5.35. The third kappa shape index (κ3) is 3.02. The molecule has 0 atom stereocenters. The maximum atomic E-state index is 12.1. The summed E-state index contributed by atoms with van der Waals surface area (Å²) in [7, 11) is 0. The smallest absolute Gasteiger partial charge is 0.251 e. The van der Waals surface area contributed by atoms with Gasteiger partial charge in [0.1, 0.15) is 0 Å². The third-order valence-corrected chi connectivity index (χ3v) is 5.40. The van der Waals surface area contributed by atoms with Gasteiger partial charge in [-0.1, -0.05) is 22.0 Å². The summed E-state index contributed by atoms with van der Waals surface area (Å²) in [6, 6.07) is 7.62. The Morgan fingerprint density at radius 3 is 2.72 bits per heavy atom. The van der Waals surface area contributed by atoms with Gasteiger partial charge in [0.15, 0.2) is 0 Å². The molecule has 0 unspecified atom stereocenters. The SMILES string of the molecule is Cc1c(Br)cccc1C(=O)NCc1sccc1Br. The summed E-state index contributed by atoms with van der Waals surface area (Å²) < 4.78 is 1.99. The predicted octanol–water partition coefficient (Wildman–Crippen LogP) is 4.51. The number of halogens is 2. The first-order valence-corrected chi connectivity index (χ1v) is 7.81. The Morgan fingerprint density at radius 1 is 1.28 bits per heavy atom. The van der Waals surface area contributed by atoms with E-state index in [1.165, 1.54) is 0 Å². The Hall–Kier alpha value is -0.650. The van der Waals surface area contributed by atoms with Crippen LogP contribution in [0.15, 0.2) is 38.6 Å². The van der Waals surface area contributed by atoms with Crippen LogP contribution in [0, 0.1) is 6.92 Å². The van der Waals surface area contributed by atoms with Gasteiger partial charge in [-0.05, 0) is 52.0 Å². The van der Waals surface area contributed by atoms with Gasteiger partial charge < -0.3 is 5.32 Å². The quantitative estimate of drug-likeness (QED) is 0.823. The highest BCUT2D eigenvalue weighted by Crippen LogP contribution is 2.23. The topological polar surface area (TPSA) is 29.1 Å². The molecule has 0 bridgehead atoms. The Morgan fingerprint density at radius 2 is 2.06 bits per heavy atom. The standard InChI is InChI=1S/C13H11Br2NOS/c1-8-9(3-2-4-10(8)14)13(17)16-7-12-11(15)5-6-18-12/h2-6H,7H2,1H3,(H,16,17). The number of hydrogen-bond donors (Lipinski definition) is 1. The predicted molar refractivity (Wildman–Crippen MR) is 82.1 cm³/mol. The molecule has 1 aromatic heterocycles. The van der Waals surface area contributed by atoms with Crippen molar-refractivity contribution in [1.82, 2.24) is 5.32 Å². The van der Waals surface area contributed by atoms with Crippen molar-refractivity contribution in [2.75, 3.05) is 0 Å². The zero-order valence-electron chi connectivity index (χ0n) is 9.67. The number of thiophene rings is 1. The van der Waals surface area contributed by atoms with Crippen molar-refractivity contribution >= 4 is 49.1 Å². The molecule has 0 saturated carbocycles. The fourth-order valence-electron chi connectivity index (χ4n) is 1.56. The van der Waals surface area contributed by atoms with Crippen molar-refractivity contribution in [2.45, 2.75) is 13.5 Å². The molecule has 1 amide bonds. The second-order valence-electron chi connectivity index (χ2n) is 3.79. The van der Waals surface area contributed by atoms with Crippen molar-refractivity contribution in [3.63, 3.8) is 0 Å². The van der Waals surface area contributed by atoms with Crippen LogP contribution in [0.5, 0.6) is 0 Å². The summed E-state index contributed by atoms with van der Waals surface area (Å²) in [4.78, 5) is 13.2. The van der Waals surface area contributed by atoms with Crippen LogP contribution in [0.1, 0.15) is 20.8 Å². The van der Waals surface area contributed by atoms with Crippen LogP contribution in [0.25, 0.3) is 0 Å². The van der Waals surface area contributed by atoms with Crippen LogP contribution in [0.3, 0.4) is 0 Å². The number of benzene rings is 1. The lowest BCUT2D eigenvalue weighted by molar-refractivity contribution is 0.0950. The average Bonchev–Trinajstić information content (AvgIpc) is 2.75. The molecule has 1 N–H and O–H groups in total. The molecule has 1 aromatic carbocycles. The normalized spacial score (nSPS) is 10.4. The maximum Gasteiger partial charge on any atom is 0.251 e. The van der Waals surface area contributed by atoms with E-state index in [1.54, 1.807) is 11.3 Å². The molecule has 2 aromatic rings. The average molecular weight is 389 g/mol. The summed E-state index contributed by atoms with van der Waals surface area (Å²) in [6.45, 7) is 2.48. The first kappa shape index (κ1) is 13.8. The Balaban J connectivity index is 2.09. The lowest BCUT2D eigenvalue weighted by Crippen LogP contribution is -2.23. The van der Waals surface area contributed by atoms with Gasteiger partial charge in [0.2, 0.25) is 0 Å². The van der Waals surface area contributed by atoms with Crippen molar-refractivity contribution in [2.24, 2.45) is 0 Å². The summed E-state index contributed by atoms with van der Waals surface area (Å²) in [5.74, 6) is -0.0471. The highest BCUT2D eigenvalue weighted by atomic mass is 79.9. The molecule has 2 nitrogen and oxygen atoms in total. The number of amides is 1. The van der Waals surface area contributed by atoms with E-state index >= 15 is 0 Å². The second kappa shape index (κ2) is 5.99. The maximum absolute atomic E-state index is 12.1. The van der Waals surface area contributed by atoms with Crippen LogP contribution in [-0.2, 0) is 6.54 Å². The molecule has 0 aliphatic heterocycles. The number of nitrogens with one attached hydrogen (secondary N) is 1. The van der Waals surface area contributed by atoms with Crippen LogP contribution < -0.4 is 5.32 Å². The molecule has 0 spiro atoms. The largest absolute Gasteiger partial charge is 0.347 e. The fraction of sp³-hybridized carbons (Fsp3) is 0.154. The molecule has 0 radical (unpaired) electrons. The monoisotopic (exact) mass is 387 g/mol. The van der Waals surface area contributed by atoms with Crippen LogP contribution in [-0.4, -0.2) is 5.91 Å². The molecule has 0 aliphatic rings. The summed E-state index contributed by atoms with van der Waals surface area (Å²) in [5.41, 5.74) is 1.66. The number of rotatable bonds is 3. The third-order valence-electron chi connectivity index (χ3n) is 2.61. The molecule has 0 fully saturated rings. The van der Waals surface area contributed by atoms with Crippen LogP contribution >= 0.6 is 43.2 Å². The minimum Gasteiger partial charge on any atom is -0.347 e. The van der Waals surface area contributed by atoms with E-state index in [-0.39, 0.29) is 5.91 Å². The molecular weight excluding hydrogens is 378 g/mol. The van der Waals surface area contributed by atoms with Gasteiger partial charge in [0, 0.05) is 19.4 Å². The van der Waals surface area contributed by atoms with Crippen LogP contribution in [0.4, 0.5) is 0 Å². The number of hydrogen-bond acceptors (Lipinski definition) is 2. The van der Waals surface area contributed by atoms with Gasteiger partial charge in [-0.2, -0.15) is 0 Å². The second-order valence-corrected chi connectivity index (χ2v) is 6.50. The number of carbonyl (C=O) groups is 1. The van der Waals surface area contributed by atoms with Gasteiger partial charge in [0.25, 0.3) is 5.91 Å². The molecule has 18 heavy (non-hydrogen) atoms. The van der Waals surface area contributed by atoms with E-state index in [1.807, 2.05) is 36.6 Å². The highest BCUT2D eigenvalue weighted by Gasteiger charge is 2.11. The molecule has 0 aliphatic carbocycles. The van der Waals surface area contributed by atoms with E-state index in [2.05, 4.69) is 37.2 Å². The molecule has 94 valence electrons. The molecule has 1 heterocycles. The van der Waals surface area contributed by atoms with Gasteiger partial charge in [-0.25, -0.2) is 0 Å². The van der Waals surface area contributed by atoms with Gasteiger partial charge >= 0.3 is 0 Å². The van der Waals surface area contributed by atoms with E-state index in [0.717, 1.165) is 19.4 Å². The van der Waals surface area contributed by atoms with E-state index in [4.69, 9.17) is 0 Å². The van der Waals surface area contributed by atoms with Gasteiger partial charge in [0.05, 0.1) is 6.54 Å².